The molecule has 2 heterocycles. The van der Waals surface area contributed by atoms with Crippen LogP contribution in [0.2, 0.25) is 0 Å². The molecule has 3 aromatic rings. The lowest BCUT2D eigenvalue weighted by Crippen LogP contribution is -2.36. The molecule has 0 bridgehead atoms. The van der Waals surface area contributed by atoms with Crippen molar-refractivity contribution < 1.29 is 19.1 Å². The lowest BCUT2D eigenvalue weighted by atomic mass is 9.90. The van der Waals surface area contributed by atoms with E-state index in [0.717, 1.165) is 21.6 Å². The standard InChI is InChI=1S/C28H33N5O4S/c1-16(2)38(25(35)26(38)36)23-11-9-8-10-20(23)31-24-18(4)14-29-27(33-24)32-21-12-17(3)19(13-22(21)37-7)28(5,6)30-15-34/h8-16H,1-7H3,(H,30,34)(H2,29,31,32,33). The van der Waals surface area contributed by atoms with Crippen LogP contribution in [0.25, 0.3) is 0 Å². The number of nitrogens with zero attached hydrogens (tertiary/aromatic N) is 2. The Labute approximate surface area is 224 Å². The van der Waals surface area contributed by atoms with Gasteiger partial charge in [-0.1, -0.05) is 36.0 Å². The maximum atomic E-state index is 12.5. The van der Waals surface area contributed by atoms with Crippen molar-refractivity contribution in [2.24, 2.45) is 0 Å². The molecule has 0 atom stereocenters. The first-order valence-corrected chi connectivity index (χ1v) is 13.9. The lowest BCUT2D eigenvalue weighted by Gasteiger charge is -2.27. The molecule has 0 unspecified atom stereocenters. The van der Waals surface area contributed by atoms with E-state index in [1.165, 1.54) is 0 Å². The average Bonchev–Trinajstić information content (AvgIpc) is 3.42. The summed E-state index contributed by atoms with van der Waals surface area (Å²) in [6.45, 7) is 11.5. The van der Waals surface area contributed by atoms with Crippen molar-refractivity contribution in [2.45, 2.75) is 57.2 Å². The number of nitrogens with one attached hydrogen (secondary N) is 3. The first-order chi connectivity index (χ1) is 18.0. The number of benzene rings is 2. The van der Waals surface area contributed by atoms with Crippen LogP contribution in [0.3, 0.4) is 0 Å². The molecule has 1 aliphatic rings. The minimum absolute atomic E-state index is 0.0837. The van der Waals surface area contributed by atoms with Gasteiger partial charge in [0.15, 0.2) is 0 Å². The van der Waals surface area contributed by atoms with Crippen LogP contribution in [-0.2, 0) is 19.9 Å². The van der Waals surface area contributed by atoms with Gasteiger partial charge in [-0.3, -0.25) is 14.4 Å². The Balaban J connectivity index is 1.67. The Hall–Kier alpha value is -3.92. The molecule has 1 fully saturated rings. The van der Waals surface area contributed by atoms with Crippen LogP contribution in [-0.4, -0.2) is 39.0 Å². The monoisotopic (exact) mass is 535 g/mol. The predicted molar refractivity (Wildman–Crippen MR) is 151 cm³/mol. The molecule has 9 nitrogen and oxygen atoms in total. The van der Waals surface area contributed by atoms with Gasteiger partial charge in [-0.05, 0) is 63.1 Å². The molecule has 38 heavy (non-hydrogen) atoms. The molecular formula is C28H33N5O4S. The van der Waals surface area contributed by atoms with Crippen LogP contribution in [0.1, 0.15) is 44.4 Å². The minimum Gasteiger partial charge on any atom is -0.495 e. The molecule has 3 N–H and O–H groups in total. The van der Waals surface area contributed by atoms with E-state index in [-0.39, 0.29) is 15.5 Å². The number of hydrogen-bond acceptors (Lipinski definition) is 8. The highest BCUT2D eigenvalue weighted by molar-refractivity contribution is 8.70. The summed E-state index contributed by atoms with van der Waals surface area (Å²) in [6.07, 6.45) is 2.38. The third-order valence-electron chi connectivity index (χ3n) is 6.76. The summed E-state index contributed by atoms with van der Waals surface area (Å²) in [5.41, 5.74) is 3.44. The van der Waals surface area contributed by atoms with Gasteiger partial charge in [-0.15, -0.1) is 0 Å². The Morgan fingerprint density at radius 2 is 1.68 bits per heavy atom. The third kappa shape index (κ3) is 4.60. The molecule has 1 aromatic heterocycles. The number of carbonyl (C=O) groups is 3. The van der Waals surface area contributed by atoms with Crippen LogP contribution in [0.15, 0.2) is 47.5 Å². The molecule has 0 spiro atoms. The summed E-state index contributed by atoms with van der Waals surface area (Å²) >= 11 is 0. The molecule has 1 amide bonds. The number of carbonyl (C=O) groups excluding carboxylic acids is 3. The van der Waals surface area contributed by atoms with Crippen LogP contribution >= 0.6 is 10.0 Å². The Morgan fingerprint density at radius 3 is 2.29 bits per heavy atom. The topological polar surface area (TPSA) is 122 Å². The minimum atomic E-state index is -2.18. The van der Waals surface area contributed by atoms with Crippen molar-refractivity contribution in [2.75, 3.05) is 17.7 Å². The Kier molecular flexibility index (Phi) is 7.20. The van der Waals surface area contributed by atoms with Crippen LogP contribution in [0.5, 0.6) is 5.75 Å². The second-order valence-electron chi connectivity index (χ2n) is 10.0. The maximum absolute atomic E-state index is 12.5. The van der Waals surface area contributed by atoms with Gasteiger partial charge in [0.25, 0.3) is 10.2 Å². The number of anilines is 4. The smallest absolute Gasteiger partial charge is 0.259 e. The number of methoxy groups -OCH3 is 1. The van der Waals surface area contributed by atoms with Crippen molar-refractivity contribution in [3.05, 3.63) is 59.3 Å². The molecule has 4 rings (SSSR count). The quantitative estimate of drug-likeness (QED) is 0.184. The molecule has 10 heteroatoms. The molecule has 0 aliphatic carbocycles. The zero-order valence-electron chi connectivity index (χ0n) is 22.6. The van der Waals surface area contributed by atoms with Crippen molar-refractivity contribution in [1.29, 1.82) is 0 Å². The van der Waals surface area contributed by atoms with E-state index in [9.17, 15) is 14.4 Å². The molecule has 1 aliphatic heterocycles. The zero-order valence-corrected chi connectivity index (χ0v) is 23.4. The molecule has 0 radical (unpaired) electrons. The summed E-state index contributed by atoms with van der Waals surface area (Å²) in [5, 5.41) is 8.78. The average molecular weight is 536 g/mol. The van der Waals surface area contributed by atoms with Gasteiger partial charge in [0.05, 0.1) is 24.0 Å². The fourth-order valence-corrected chi connectivity index (χ4v) is 7.83. The van der Waals surface area contributed by atoms with E-state index in [4.69, 9.17) is 4.74 Å². The molecule has 0 saturated carbocycles. The van der Waals surface area contributed by atoms with E-state index < -0.39 is 15.6 Å². The number of aromatic nitrogens is 2. The summed E-state index contributed by atoms with van der Waals surface area (Å²) in [6, 6.07) is 11.2. The van der Waals surface area contributed by atoms with E-state index in [0.29, 0.717) is 35.3 Å². The number of amides is 1. The number of hydrogen-bond donors (Lipinski definition) is 3. The SMILES string of the molecule is COc1cc(C(C)(C)NC=O)c(C)cc1Nc1ncc(C)c(Nc2ccccc2S2(C(C)C)C(=O)C2=O)n1. The van der Waals surface area contributed by atoms with Gasteiger partial charge in [0, 0.05) is 21.9 Å². The number of ether oxygens (including phenoxy) is 1. The fraction of sp³-hybridized carbons (Fsp3) is 0.321. The number of rotatable bonds is 10. The van der Waals surface area contributed by atoms with Gasteiger partial charge < -0.3 is 20.7 Å². The van der Waals surface area contributed by atoms with E-state index in [1.807, 2.05) is 77.9 Å². The number of para-hydroxylation sites is 1. The highest BCUT2D eigenvalue weighted by Crippen LogP contribution is 2.74. The van der Waals surface area contributed by atoms with Crippen molar-refractivity contribution in [1.82, 2.24) is 15.3 Å². The molecule has 200 valence electrons. The summed E-state index contributed by atoms with van der Waals surface area (Å²) in [7, 11) is -0.607. The van der Waals surface area contributed by atoms with Crippen LogP contribution < -0.4 is 20.7 Å². The first kappa shape index (κ1) is 27.1. The lowest BCUT2D eigenvalue weighted by molar-refractivity contribution is -0.122. The Morgan fingerprint density at radius 1 is 1.00 bits per heavy atom. The van der Waals surface area contributed by atoms with Gasteiger partial charge >= 0.3 is 0 Å². The highest BCUT2D eigenvalue weighted by Gasteiger charge is 2.64. The summed E-state index contributed by atoms with van der Waals surface area (Å²) < 4.78 is 5.63. The molecule has 2 aromatic carbocycles. The Bertz CT molecular complexity index is 1420. The fourth-order valence-electron chi connectivity index (χ4n) is 4.66. The predicted octanol–water partition coefficient (Wildman–Crippen LogP) is 5.21. The van der Waals surface area contributed by atoms with Crippen molar-refractivity contribution in [3.8, 4) is 5.75 Å². The van der Waals surface area contributed by atoms with Gasteiger partial charge in [-0.25, -0.2) is 4.98 Å². The van der Waals surface area contributed by atoms with Gasteiger partial charge in [-0.2, -0.15) is 4.98 Å². The van der Waals surface area contributed by atoms with Crippen molar-refractivity contribution >= 4 is 49.8 Å². The largest absolute Gasteiger partial charge is 0.495 e. The second-order valence-corrected chi connectivity index (χ2v) is 13.5. The second kappa shape index (κ2) is 10.1. The van der Waals surface area contributed by atoms with Crippen molar-refractivity contribution in [3.63, 3.8) is 0 Å². The van der Waals surface area contributed by atoms with Crippen LogP contribution in [0.4, 0.5) is 23.1 Å². The first-order valence-electron chi connectivity index (χ1n) is 12.2. The highest BCUT2D eigenvalue weighted by atomic mass is 32.3. The summed E-state index contributed by atoms with van der Waals surface area (Å²) in [4.78, 5) is 46.0. The summed E-state index contributed by atoms with van der Waals surface area (Å²) in [5.74, 6) is 1.47. The third-order valence-corrected chi connectivity index (χ3v) is 10.6. The van der Waals surface area contributed by atoms with Gasteiger partial charge in [0.1, 0.15) is 11.6 Å². The normalized spacial score (nSPS) is 15.2. The number of aryl methyl sites for hydroxylation is 2. The molecular weight excluding hydrogens is 502 g/mol. The maximum Gasteiger partial charge on any atom is 0.259 e. The van der Waals surface area contributed by atoms with E-state index in [2.05, 4.69) is 25.9 Å². The zero-order chi connectivity index (χ0) is 27.8. The van der Waals surface area contributed by atoms with Crippen LogP contribution in [0, 0.1) is 13.8 Å². The van der Waals surface area contributed by atoms with E-state index in [1.54, 1.807) is 13.3 Å². The van der Waals surface area contributed by atoms with E-state index >= 15 is 0 Å². The van der Waals surface area contributed by atoms with Gasteiger partial charge in [0.2, 0.25) is 12.4 Å². The molecule has 1 saturated heterocycles.